The molecule has 2 N–H and O–H groups in total. The van der Waals surface area contributed by atoms with E-state index in [-0.39, 0.29) is 53.9 Å². The summed E-state index contributed by atoms with van der Waals surface area (Å²) in [6.45, 7) is 4.48. The predicted octanol–water partition coefficient (Wildman–Crippen LogP) is 2.93. The summed E-state index contributed by atoms with van der Waals surface area (Å²) in [5.41, 5.74) is -0.938. The van der Waals surface area contributed by atoms with Crippen molar-refractivity contribution in [3.05, 3.63) is 22.8 Å². The first-order chi connectivity index (χ1) is 13.3. The molecule has 29 heavy (non-hydrogen) atoms. The SMILES string of the molecule is CCNC(=NCC(=O)N1CCCC1)NCCOc1ncc(C(F)(F)F)cc1Cl.I. The van der Waals surface area contributed by atoms with Crippen LogP contribution in [0, 0.1) is 0 Å². The fraction of sp³-hybridized carbons (Fsp3) is 0.588. The highest BCUT2D eigenvalue weighted by Gasteiger charge is 2.31. The first-order valence-corrected chi connectivity index (χ1v) is 9.34. The van der Waals surface area contributed by atoms with E-state index in [0.29, 0.717) is 25.2 Å². The lowest BCUT2D eigenvalue weighted by atomic mass is 10.3. The van der Waals surface area contributed by atoms with Gasteiger partial charge in [-0.05, 0) is 25.8 Å². The molecule has 0 bridgehead atoms. The Bertz CT molecular complexity index is 700. The molecule has 0 radical (unpaired) electrons. The van der Waals surface area contributed by atoms with Crippen molar-refractivity contribution >= 4 is 47.4 Å². The number of halogens is 5. The lowest BCUT2D eigenvalue weighted by molar-refractivity contribution is -0.137. The largest absolute Gasteiger partial charge is 0.475 e. The lowest BCUT2D eigenvalue weighted by Gasteiger charge is -2.15. The molecule has 0 atom stereocenters. The normalized spacial score (nSPS) is 14.4. The Hall–Kier alpha value is -1.50. The summed E-state index contributed by atoms with van der Waals surface area (Å²) >= 11 is 5.79. The van der Waals surface area contributed by atoms with Crippen molar-refractivity contribution in [3.63, 3.8) is 0 Å². The van der Waals surface area contributed by atoms with E-state index in [1.807, 2.05) is 6.92 Å². The van der Waals surface area contributed by atoms with Crippen molar-refractivity contribution < 1.29 is 22.7 Å². The molecule has 1 aliphatic heterocycles. The van der Waals surface area contributed by atoms with Crippen LogP contribution in [0.15, 0.2) is 17.3 Å². The number of nitrogens with zero attached hydrogens (tertiary/aromatic N) is 3. The third kappa shape index (κ3) is 8.41. The number of aromatic nitrogens is 1. The van der Waals surface area contributed by atoms with E-state index in [4.69, 9.17) is 16.3 Å². The first-order valence-electron chi connectivity index (χ1n) is 8.96. The first kappa shape index (κ1) is 25.5. The molecule has 1 saturated heterocycles. The predicted molar refractivity (Wildman–Crippen MR) is 115 cm³/mol. The smallest absolute Gasteiger partial charge is 0.417 e. The summed E-state index contributed by atoms with van der Waals surface area (Å²) in [7, 11) is 0. The van der Waals surface area contributed by atoms with Gasteiger partial charge in [-0.15, -0.1) is 24.0 Å². The average Bonchev–Trinajstić information content (AvgIpc) is 3.17. The number of aliphatic imine (C=N–C) groups is 1. The Morgan fingerprint density at radius 2 is 2.03 bits per heavy atom. The summed E-state index contributed by atoms with van der Waals surface area (Å²) < 4.78 is 43.1. The van der Waals surface area contributed by atoms with Crippen LogP contribution in [0.2, 0.25) is 5.02 Å². The number of carbonyl (C=O) groups excluding carboxylic acids is 1. The van der Waals surface area contributed by atoms with Gasteiger partial charge in [0.05, 0.1) is 12.1 Å². The van der Waals surface area contributed by atoms with Crippen LogP contribution in [-0.2, 0) is 11.0 Å². The summed E-state index contributed by atoms with van der Waals surface area (Å²) in [5.74, 6) is 0.347. The van der Waals surface area contributed by atoms with E-state index in [9.17, 15) is 18.0 Å². The molecule has 2 heterocycles. The Balaban J connectivity index is 0.00000420. The summed E-state index contributed by atoms with van der Waals surface area (Å²) in [4.78, 5) is 21.7. The number of hydrogen-bond donors (Lipinski definition) is 2. The fourth-order valence-electron chi connectivity index (χ4n) is 2.56. The van der Waals surface area contributed by atoms with Crippen LogP contribution in [-0.4, -0.2) is 61.1 Å². The molecule has 1 aromatic rings. The van der Waals surface area contributed by atoms with Gasteiger partial charge in [-0.3, -0.25) is 4.79 Å². The molecule has 1 aliphatic rings. The molecule has 164 valence electrons. The number of hydrogen-bond acceptors (Lipinski definition) is 4. The zero-order valence-electron chi connectivity index (χ0n) is 15.9. The standard InChI is InChI=1S/C17H23ClF3N5O2.HI/c1-2-22-16(25-11-14(27)26-6-3-4-7-26)23-5-8-28-15-13(18)9-12(10-24-15)17(19,20)21;/h9-10H,2-8,11H2,1H3,(H2,22,23,25);1H. The minimum absolute atomic E-state index is 0. The Kier molecular flexibility index (Phi) is 10.8. The van der Waals surface area contributed by atoms with Gasteiger partial charge >= 0.3 is 6.18 Å². The van der Waals surface area contributed by atoms with E-state index < -0.39 is 11.7 Å². The third-order valence-corrected chi connectivity index (χ3v) is 4.21. The Morgan fingerprint density at radius 3 is 2.62 bits per heavy atom. The molecule has 2 rings (SSSR count). The average molecular weight is 550 g/mol. The van der Waals surface area contributed by atoms with Crippen LogP contribution in [0.3, 0.4) is 0 Å². The summed E-state index contributed by atoms with van der Waals surface area (Å²) in [5, 5.41) is 5.78. The highest BCUT2D eigenvalue weighted by Crippen LogP contribution is 2.32. The zero-order chi connectivity index (χ0) is 20.6. The quantitative estimate of drug-likeness (QED) is 0.237. The second kappa shape index (κ2) is 12.3. The van der Waals surface area contributed by atoms with Crippen molar-refractivity contribution in [1.29, 1.82) is 0 Å². The summed E-state index contributed by atoms with van der Waals surface area (Å²) in [6.07, 6.45) is -1.80. The fourth-order valence-corrected chi connectivity index (χ4v) is 2.78. The van der Waals surface area contributed by atoms with E-state index in [1.165, 1.54) is 0 Å². The van der Waals surface area contributed by atoms with Crippen LogP contribution in [0.25, 0.3) is 0 Å². The van der Waals surface area contributed by atoms with Gasteiger partial charge in [0, 0.05) is 25.8 Å². The number of guanidine groups is 1. The van der Waals surface area contributed by atoms with Crippen LogP contribution in [0.4, 0.5) is 13.2 Å². The maximum Gasteiger partial charge on any atom is 0.417 e. The number of rotatable bonds is 7. The Morgan fingerprint density at radius 1 is 1.34 bits per heavy atom. The van der Waals surface area contributed by atoms with Gasteiger partial charge in [-0.25, -0.2) is 9.98 Å². The molecule has 0 aliphatic carbocycles. The maximum atomic E-state index is 12.6. The molecule has 1 fully saturated rings. The van der Waals surface area contributed by atoms with Crippen molar-refractivity contribution in [2.75, 3.05) is 39.3 Å². The molecule has 0 aromatic carbocycles. The number of nitrogens with one attached hydrogen (secondary N) is 2. The number of alkyl halides is 3. The number of likely N-dealkylation sites (tertiary alicyclic amines) is 1. The van der Waals surface area contributed by atoms with E-state index in [0.717, 1.165) is 32.0 Å². The number of ether oxygens (including phenoxy) is 1. The number of amides is 1. The van der Waals surface area contributed by atoms with E-state index >= 15 is 0 Å². The summed E-state index contributed by atoms with van der Waals surface area (Å²) in [6, 6.07) is 0.771. The van der Waals surface area contributed by atoms with Gasteiger partial charge in [-0.1, -0.05) is 11.6 Å². The molecule has 1 aromatic heterocycles. The van der Waals surface area contributed by atoms with E-state index in [1.54, 1.807) is 4.90 Å². The second-order valence-electron chi connectivity index (χ2n) is 6.07. The molecule has 0 saturated carbocycles. The van der Waals surface area contributed by atoms with Crippen molar-refractivity contribution in [1.82, 2.24) is 20.5 Å². The van der Waals surface area contributed by atoms with Gasteiger partial charge in [0.25, 0.3) is 0 Å². The Labute approximate surface area is 189 Å². The third-order valence-electron chi connectivity index (χ3n) is 3.94. The zero-order valence-corrected chi connectivity index (χ0v) is 19.0. The van der Waals surface area contributed by atoms with Gasteiger partial charge in [0.1, 0.15) is 18.2 Å². The highest BCUT2D eigenvalue weighted by atomic mass is 127. The van der Waals surface area contributed by atoms with Crippen LogP contribution in [0.5, 0.6) is 5.88 Å². The molecule has 0 unspecified atom stereocenters. The van der Waals surface area contributed by atoms with Gasteiger partial charge in [0.2, 0.25) is 11.8 Å². The molecule has 12 heteroatoms. The second-order valence-corrected chi connectivity index (χ2v) is 6.47. The minimum Gasteiger partial charge on any atom is -0.475 e. The highest BCUT2D eigenvalue weighted by molar-refractivity contribution is 14.0. The molecular weight excluding hydrogens is 526 g/mol. The molecular formula is C17H24ClF3IN5O2. The molecule has 0 spiro atoms. The lowest BCUT2D eigenvalue weighted by Crippen LogP contribution is -2.40. The minimum atomic E-state index is -4.51. The van der Waals surface area contributed by atoms with Crippen molar-refractivity contribution in [2.45, 2.75) is 25.9 Å². The van der Waals surface area contributed by atoms with Gasteiger partial charge < -0.3 is 20.3 Å². The van der Waals surface area contributed by atoms with Crippen molar-refractivity contribution in [2.24, 2.45) is 4.99 Å². The molecule has 1 amide bonds. The van der Waals surface area contributed by atoms with Crippen molar-refractivity contribution in [3.8, 4) is 5.88 Å². The topological polar surface area (TPSA) is 78.9 Å². The van der Waals surface area contributed by atoms with Gasteiger partial charge in [-0.2, -0.15) is 13.2 Å². The van der Waals surface area contributed by atoms with Crippen LogP contribution >= 0.6 is 35.6 Å². The van der Waals surface area contributed by atoms with E-state index in [2.05, 4.69) is 20.6 Å². The van der Waals surface area contributed by atoms with Crippen LogP contribution in [0.1, 0.15) is 25.3 Å². The number of carbonyl (C=O) groups is 1. The van der Waals surface area contributed by atoms with Crippen LogP contribution < -0.4 is 15.4 Å². The maximum absolute atomic E-state index is 12.6. The molecule has 7 nitrogen and oxygen atoms in total. The number of pyridine rings is 1. The monoisotopic (exact) mass is 549 g/mol. The van der Waals surface area contributed by atoms with Gasteiger partial charge in [0.15, 0.2) is 5.96 Å².